The first-order valence-electron chi connectivity index (χ1n) is 6.52. The lowest BCUT2D eigenvalue weighted by molar-refractivity contribution is 0.00528. The highest BCUT2D eigenvalue weighted by molar-refractivity contribution is 5.78. The number of nitrogens with two attached hydrogens (primary N) is 1. The largest absolute Gasteiger partial charge is 0.375 e. The number of hydrogen-bond acceptors (Lipinski definition) is 4. The molecule has 2 rings (SSSR count). The van der Waals surface area contributed by atoms with E-state index >= 15 is 0 Å². The normalized spacial score (nSPS) is 20.7. The molecule has 104 valence electrons. The van der Waals surface area contributed by atoms with E-state index < -0.39 is 0 Å². The second-order valence-electron chi connectivity index (χ2n) is 4.85. The molecule has 0 aromatic carbocycles. The molecule has 1 aromatic heterocycles. The highest BCUT2D eigenvalue weighted by Gasteiger charge is 2.17. The van der Waals surface area contributed by atoms with Crippen LogP contribution in [0.2, 0.25) is 0 Å². The van der Waals surface area contributed by atoms with Gasteiger partial charge in [-0.2, -0.15) is 0 Å². The lowest BCUT2D eigenvalue weighted by Crippen LogP contribution is -2.47. The van der Waals surface area contributed by atoms with E-state index in [1.807, 2.05) is 26.8 Å². The van der Waals surface area contributed by atoms with E-state index in [0.29, 0.717) is 19.1 Å². The zero-order chi connectivity index (χ0) is 13.8. The quantitative estimate of drug-likeness (QED) is 0.625. The highest BCUT2D eigenvalue weighted by Crippen LogP contribution is 2.05. The maximum Gasteiger partial charge on any atom is 0.191 e. The first-order chi connectivity index (χ1) is 9.04. The lowest BCUT2D eigenvalue weighted by atomic mass is 10.3. The van der Waals surface area contributed by atoms with Crippen molar-refractivity contribution < 1.29 is 4.74 Å². The van der Waals surface area contributed by atoms with Crippen LogP contribution in [-0.2, 0) is 11.3 Å². The van der Waals surface area contributed by atoms with Gasteiger partial charge in [0.1, 0.15) is 5.82 Å². The molecule has 1 aromatic rings. The molecule has 0 spiro atoms. The van der Waals surface area contributed by atoms with Crippen molar-refractivity contribution in [3.05, 3.63) is 23.3 Å². The standard InChI is InChI=1S/C13H21N5O/c1-9-6-12(17-11(3)16-9)7-15-13(14)18-4-5-19-10(2)8-18/h6,10H,4-5,7-8H2,1-3H3,(H2,14,15). The number of aryl methyl sites for hydroxylation is 2. The average molecular weight is 263 g/mol. The number of guanidine groups is 1. The molecular weight excluding hydrogens is 242 g/mol. The van der Waals surface area contributed by atoms with Crippen molar-refractivity contribution in [1.82, 2.24) is 14.9 Å². The van der Waals surface area contributed by atoms with Crippen LogP contribution in [0.1, 0.15) is 24.1 Å². The van der Waals surface area contributed by atoms with Gasteiger partial charge in [-0.15, -0.1) is 0 Å². The van der Waals surface area contributed by atoms with Crippen molar-refractivity contribution in [2.45, 2.75) is 33.4 Å². The SMILES string of the molecule is Cc1cc(CN=C(N)N2CCOC(C)C2)nc(C)n1. The Morgan fingerprint density at radius 1 is 1.53 bits per heavy atom. The van der Waals surface area contributed by atoms with Crippen LogP contribution in [0.3, 0.4) is 0 Å². The lowest BCUT2D eigenvalue weighted by Gasteiger charge is -2.31. The monoisotopic (exact) mass is 263 g/mol. The maximum atomic E-state index is 6.01. The van der Waals surface area contributed by atoms with Gasteiger partial charge in [-0.05, 0) is 26.8 Å². The molecule has 1 saturated heterocycles. The van der Waals surface area contributed by atoms with Crippen LogP contribution in [-0.4, -0.2) is 46.6 Å². The van der Waals surface area contributed by atoms with E-state index in [-0.39, 0.29) is 6.10 Å². The number of aromatic nitrogens is 2. The van der Waals surface area contributed by atoms with Gasteiger partial charge in [-0.1, -0.05) is 0 Å². The van der Waals surface area contributed by atoms with Crippen LogP contribution in [0.5, 0.6) is 0 Å². The number of ether oxygens (including phenoxy) is 1. The molecule has 0 bridgehead atoms. The second kappa shape index (κ2) is 5.97. The topological polar surface area (TPSA) is 76.6 Å². The summed E-state index contributed by atoms with van der Waals surface area (Å²) >= 11 is 0. The summed E-state index contributed by atoms with van der Waals surface area (Å²) in [7, 11) is 0. The predicted molar refractivity (Wildman–Crippen MR) is 73.8 cm³/mol. The zero-order valence-corrected chi connectivity index (χ0v) is 11.8. The molecule has 2 N–H and O–H groups in total. The van der Waals surface area contributed by atoms with Crippen LogP contribution in [0, 0.1) is 13.8 Å². The van der Waals surface area contributed by atoms with Gasteiger partial charge >= 0.3 is 0 Å². The molecule has 1 aliphatic heterocycles. The molecule has 0 saturated carbocycles. The van der Waals surface area contributed by atoms with Crippen molar-refractivity contribution in [3.8, 4) is 0 Å². The smallest absolute Gasteiger partial charge is 0.191 e. The highest BCUT2D eigenvalue weighted by atomic mass is 16.5. The molecular formula is C13H21N5O. The van der Waals surface area contributed by atoms with Gasteiger partial charge in [0.05, 0.1) is 24.9 Å². The molecule has 0 amide bonds. The minimum absolute atomic E-state index is 0.200. The Balaban J connectivity index is 2.00. The van der Waals surface area contributed by atoms with Crippen molar-refractivity contribution in [3.63, 3.8) is 0 Å². The van der Waals surface area contributed by atoms with Gasteiger partial charge < -0.3 is 15.4 Å². The molecule has 1 fully saturated rings. The second-order valence-corrected chi connectivity index (χ2v) is 4.85. The molecule has 1 atom stereocenters. The van der Waals surface area contributed by atoms with Crippen molar-refractivity contribution in [1.29, 1.82) is 0 Å². The molecule has 0 aliphatic carbocycles. The summed E-state index contributed by atoms with van der Waals surface area (Å²) in [6, 6.07) is 1.94. The number of nitrogens with zero attached hydrogens (tertiary/aromatic N) is 4. The number of hydrogen-bond donors (Lipinski definition) is 1. The van der Waals surface area contributed by atoms with E-state index in [9.17, 15) is 0 Å². The Labute approximate surface area is 113 Å². The van der Waals surface area contributed by atoms with Gasteiger partial charge in [-0.3, -0.25) is 0 Å². The minimum Gasteiger partial charge on any atom is -0.375 e. The van der Waals surface area contributed by atoms with Gasteiger partial charge in [0.15, 0.2) is 5.96 Å². The van der Waals surface area contributed by atoms with Crippen LogP contribution in [0.4, 0.5) is 0 Å². The number of morpholine rings is 1. The molecule has 19 heavy (non-hydrogen) atoms. The van der Waals surface area contributed by atoms with Crippen LogP contribution in [0.25, 0.3) is 0 Å². The third-order valence-electron chi connectivity index (χ3n) is 2.99. The van der Waals surface area contributed by atoms with E-state index in [0.717, 1.165) is 30.3 Å². The summed E-state index contributed by atoms with van der Waals surface area (Å²) in [5.74, 6) is 1.33. The summed E-state index contributed by atoms with van der Waals surface area (Å²) in [4.78, 5) is 15.1. The Hall–Kier alpha value is -1.69. The van der Waals surface area contributed by atoms with Crippen LogP contribution < -0.4 is 5.73 Å². The predicted octanol–water partition coefficient (Wildman–Crippen LogP) is 0.629. The molecule has 6 heteroatoms. The third kappa shape index (κ3) is 3.89. The van der Waals surface area contributed by atoms with E-state index in [2.05, 4.69) is 19.9 Å². The summed E-state index contributed by atoms with van der Waals surface area (Å²) in [5, 5.41) is 0. The maximum absolute atomic E-state index is 6.01. The first-order valence-corrected chi connectivity index (χ1v) is 6.52. The minimum atomic E-state index is 0.200. The Bertz CT molecular complexity index is 454. The Morgan fingerprint density at radius 3 is 3.00 bits per heavy atom. The fourth-order valence-electron chi connectivity index (χ4n) is 2.16. The molecule has 6 nitrogen and oxygen atoms in total. The van der Waals surface area contributed by atoms with Crippen molar-refractivity contribution >= 4 is 5.96 Å². The van der Waals surface area contributed by atoms with Crippen molar-refractivity contribution in [2.24, 2.45) is 10.7 Å². The van der Waals surface area contributed by atoms with Gasteiger partial charge in [0.25, 0.3) is 0 Å². The van der Waals surface area contributed by atoms with E-state index in [4.69, 9.17) is 10.5 Å². The van der Waals surface area contributed by atoms with Gasteiger partial charge in [0, 0.05) is 18.8 Å². The zero-order valence-electron chi connectivity index (χ0n) is 11.8. The van der Waals surface area contributed by atoms with Crippen molar-refractivity contribution in [2.75, 3.05) is 19.7 Å². The van der Waals surface area contributed by atoms with Crippen LogP contribution >= 0.6 is 0 Å². The summed E-state index contributed by atoms with van der Waals surface area (Å²) in [6.07, 6.45) is 0.200. The number of aliphatic imine (C=N–C) groups is 1. The van der Waals surface area contributed by atoms with Crippen LogP contribution in [0.15, 0.2) is 11.1 Å². The summed E-state index contributed by atoms with van der Waals surface area (Å²) in [5.41, 5.74) is 7.86. The Morgan fingerprint density at radius 2 is 2.32 bits per heavy atom. The average Bonchev–Trinajstić information content (AvgIpc) is 2.35. The number of rotatable bonds is 2. The molecule has 2 heterocycles. The molecule has 1 unspecified atom stereocenters. The van der Waals surface area contributed by atoms with Gasteiger partial charge in [-0.25, -0.2) is 15.0 Å². The van der Waals surface area contributed by atoms with E-state index in [1.54, 1.807) is 0 Å². The molecule has 1 aliphatic rings. The summed E-state index contributed by atoms with van der Waals surface area (Å²) in [6.45, 7) is 8.64. The third-order valence-corrected chi connectivity index (χ3v) is 2.99. The van der Waals surface area contributed by atoms with E-state index in [1.165, 1.54) is 0 Å². The fourth-order valence-corrected chi connectivity index (χ4v) is 2.16. The Kier molecular flexibility index (Phi) is 4.31. The molecule has 0 radical (unpaired) electrons. The fraction of sp³-hybridized carbons (Fsp3) is 0.615. The first kappa shape index (κ1) is 13.7. The van der Waals surface area contributed by atoms with Gasteiger partial charge in [0.2, 0.25) is 0 Å². The summed E-state index contributed by atoms with van der Waals surface area (Å²) < 4.78 is 5.48.